The van der Waals surface area contributed by atoms with E-state index in [1.54, 1.807) is 0 Å². The van der Waals surface area contributed by atoms with Crippen molar-refractivity contribution in [3.8, 4) is 0 Å². The minimum Gasteiger partial charge on any atom is -0.404 e. The maximum atomic E-state index is 10.9. The van der Waals surface area contributed by atoms with Gasteiger partial charge < -0.3 is 17.2 Å². The van der Waals surface area contributed by atoms with Gasteiger partial charge in [-0.05, 0) is 12.8 Å². The Hall–Kier alpha value is -1.52. The van der Waals surface area contributed by atoms with Crippen molar-refractivity contribution in [1.29, 1.82) is 0 Å². The number of rotatable bonds is 3. The summed E-state index contributed by atoms with van der Waals surface area (Å²) in [6.07, 6.45) is 5.49. The molecule has 0 aliphatic heterocycles. The zero-order valence-electron chi connectivity index (χ0n) is 8.07. The third kappa shape index (κ3) is 2.48. The molecule has 1 aliphatic carbocycles. The molecule has 1 saturated carbocycles. The molecule has 0 atom stereocenters. The molecule has 78 valence electrons. The average molecular weight is 196 g/mol. The second-order valence-corrected chi connectivity index (χ2v) is 3.40. The van der Waals surface area contributed by atoms with Crippen LogP contribution in [0.25, 0.3) is 0 Å². The van der Waals surface area contributed by atoms with Crippen molar-refractivity contribution in [2.75, 3.05) is 0 Å². The fraction of sp³-hybridized carbons (Fsp3) is 0.556. The minimum absolute atomic E-state index is 0.108. The number of carbonyl (C=O) groups excluding carboxylic acids is 1. The summed E-state index contributed by atoms with van der Waals surface area (Å²) < 4.78 is 0. The highest BCUT2D eigenvalue weighted by atomic mass is 16.1. The van der Waals surface area contributed by atoms with E-state index in [1.807, 2.05) is 0 Å². The number of nitrogens with two attached hydrogens (primary N) is 3. The zero-order valence-corrected chi connectivity index (χ0v) is 8.07. The van der Waals surface area contributed by atoms with Crippen molar-refractivity contribution in [1.82, 2.24) is 0 Å². The number of hydrogen-bond donors (Lipinski definition) is 3. The van der Waals surface area contributed by atoms with Crippen LogP contribution in [0.1, 0.15) is 25.7 Å². The molecule has 0 spiro atoms. The number of hydrogen-bond acceptors (Lipinski definition) is 3. The number of amides is 1. The molecule has 14 heavy (non-hydrogen) atoms. The quantitative estimate of drug-likeness (QED) is 0.325. The predicted molar refractivity (Wildman–Crippen MR) is 55.3 cm³/mol. The first-order valence-electron chi connectivity index (χ1n) is 4.70. The molecule has 1 fully saturated rings. The van der Waals surface area contributed by atoms with Crippen LogP contribution < -0.4 is 17.2 Å². The van der Waals surface area contributed by atoms with E-state index in [0.717, 1.165) is 19.0 Å². The molecular formula is C9H16N4O. The maximum Gasteiger partial charge on any atom is 0.253 e. The van der Waals surface area contributed by atoms with E-state index in [2.05, 4.69) is 4.99 Å². The molecule has 0 aromatic rings. The topological polar surface area (TPSA) is 107 Å². The van der Waals surface area contributed by atoms with Gasteiger partial charge in [0.2, 0.25) is 0 Å². The molecule has 5 nitrogen and oxygen atoms in total. The molecule has 5 heteroatoms. The van der Waals surface area contributed by atoms with E-state index in [1.165, 1.54) is 12.8 Å². The van der Waals surface area contributed by atoms with Crippen LogP contribution in [0, 0.1) is 0 Å². The van der Waals surface area contributed by atoms with E-state index in [0.29, 0.717) is 0 Å². The lowest BCUT2D eigenvalue weighted by Crippen LogP contribution is -2.28. The Morgan fingerprint density at radius 1 is 1.29 bits per heavy atom. The Kier molecular flexibility index (Phi) is 3.50. The Morgan fingerprint density at radius 3 is 2.29 bits per heavy atom. The molecule has 1 amide bonds. The lowest BCUT2D eigenvalue weighted by atomic mass is 10.2. The lowest BCUT2D eigenvalue weighted by molar-refractivity contribution is -0.114. The van der Waals surface area contributed by atoms with Crippen LogP contribution in [0.5, 0.6) is 0 Å². The summed E-state index contributed by atoms with van der Waals surface area (Å²) in [6, 6.07) is 0.226. The SMILES string of the molecule is NC=C(C(N)=O)C(N)=NC1CCCC1. The summed E-state index contributed by atoms with van der Waals surface area (Å²) in [6.45, 7) is 0. The van der Waals surface area contributed by atoms with Gasteiger partial charge in [-0.2, -0.15) is 0 Å². The van der Waals surface area contributed by atoms with E-state index in [4.69, 9.17) is 17.2 Å². The van der Waals surface area contributed by atoms with Crippen molar-refractivity contribution in [3.63, 3.8) is 0 Å². The summed E-state index contributed by atoms with van der Waals surface area (Å²) in [5.41, 5.74) is 16.0. The van der Waals surface area contributed by atoms with Crippen molar-refractivity contribution in [2.24, 2.45) is 22.2 Å². The van der Waals surface area contributed by atoms with Gasteiger partial charge in [0.25, 0.3) is 5.91 Å². The highest BCUT2D eigenvalue weighted by Crippen LogP contribution is 2.21. The first kappa shape index (κ1) is 10.6. The lowest BCUT2D eigenvalue weighted by Gasteiger charge is -2.06. The van der Waals surface area contributed by atoms with Crippen LogP contribution in [-0.4, -0.2) is 17.8 Å². The molecule has 0 bridgehead atoms. The Bertz CT molecular complexity index is 277. The molecule has 6 N–H and O–H groups in total. The molecule has 1 aliphatic rings. The van der Waals surface area contributed by atoms with Gasteiger partial charge >= 0.3 is 0 Å². The Balaban J connectivity index is 2.70. The standard InChI is InChI=1S/C9H16N4O/c10-5-7(9(12)14)8(11)13-6-3-1-2-4-6/h5-6H,1-4,10H2,(H2,11,13)(H2,12,14). The Morgan fingerprint density at radius 2 is 1.86 bits per heavy atom. The molecule has 0 saturated heterocycles. The van der Waals surface area contributed by atoms with Gasteiger partial charge in [0.05, 0.1) is 11.6 Å². The second kappa shape index (κ2) is 4.64. The first-order valence-corrected chi connectivity index (χ1v) is 4.70. The van der Waals surface area contributed by atoms with Gasteiger partial charge in [-0.1, -0.05) is 12.8 Å². The first-order chi connectivity index (χ1) is 6.65. The minimum atomic E-state index is -0.633. The summed E-state index contributed by atoms with van der Waals surface area (Å²) >= 11 is 0. The fourth-order valence-electron chi connectivity index (χ4n) is 1.59. The molecule has 0 heterocycles. The van der Waals surface area contributed by atoms with Crippen LogP contribution in [0.2, 0.25) is 0 Å². The van der Waals surface area contributed by atoms with Crippen molar-refractivity contribution in [2.45, 2.75) is 31.7 Å². The number of primary amides is 1. The molecular weight excluding hydrogens is 180 g/mol. The van der Waals surface area contributed by atoms with E-state index in [-0.39, 0.29) is 17.5 Å². The van der Waals surface area contributed by atoms with Crippen LogP contribution in [0.15, 0.2) is 16.8 Å². The van der Waals surface area contributed by atoms with E-state index in [9.17, 15) is 4.79 Å². The van der Waals surface area contributed by atoms with E-state index >= 15 is 0 Å². The van der Waals surface area contributed by atoms with Crippen LogP contribution >= 0.6 is 0 Å². The van der Waals surface area contributed by atoms with E-state index < -0.39 is 5.91 Å². The third-order valence-corrected chi connectivity index (χ3v) is 2.35. The van der Waals surface area contributed by atoms with Crippen molar-refractivity contribution < 1.29 is 4.79 Å². The molecule has 0 unspecified atom stereocenters. The number of aliphatic imine (C=N–C) groups is 1. The highest BCUT2D eigenvalue weighted by Gasteiger charge is 2.16. The molecule has 0 radical (unpaired) electrons. The number of carbonyl (C=O) groups is 1. The summed E-state index contributed by atoms with van der Waals surface area (Å²) in [5, 5.41) is 0. The van der Waals surface area contributed by atoms with Gasteiger partial charge in [-0.3, -0.25) is 9.79 Å². The highest BCUT2D eigenvalue weighted by molar-refractivity contribution is 6.19. The normalized spacial score (nSPS) is 20.0. The molecule has 0 aromatic carbocycles. The van der Waals surface area contributed by atoms with Crippen molar-refractivity contribution >= 4 is 11.7 Å². The largest absolute Gasteiger partial charge is 0.404 e. The monoisotopic (exact) mass is 196 g/mol. The third-order valence-electron chi connectivity index (χ3n) is 2.35. The molecule has 0 aromatic heterocycles. The van der Waals surface area contributed by atoms with Crippen molar-refractivity contribution in [3.05, 3.63) is 11.8 Å². The summed E-state index contributed by atoms with van der Waals surface area (Å²) in [4.78, 5) is 15.1. The summed E-state index contributed by atoms with van der Waals surface area (Å²) in [5.74, 6) is -0.473. The van der Waals surface area contributed by atoms with Crippen LogP contribution in [0.4, 0.5) is 0 Å². The Labute approximate surface area is 83.0 Å². The number of nitrogens with zero attached hydrogens (tertiary/aromatic N) is 1. The smallest absolute Gasteiger partial charge is 0.253 e. The second-order valence-electron chi connectivity index (χ2n) is 3.40. The number of amidine groups is 1. The zero-order chi connectivity index (χ0) is 10.6. The van der Waals surface area contributed by atoms with Gasteiger partial charge in [0.15, 0.2) is 0 Å². The van der Waals surface area contributed by atoms with Crippen LogP contribution in [-0.2, 0) is 4.79 Å². The van der Waals surface area contributed by atoms with Gasteiger partial charge in [-0.25, -0.2) is 0 Å². The van der Waals surface area contributed by atoms with Gasteiger partial charge in [-0.15, -0.1) is 0 Å². The average Bonchev–Trinajstić information content (AvgIpc) is 2.57. The predicted octanol–water partition coefficient (Wildman–Crippen LogP) is -0.386. The maximum absolute atomic E-state index is 10.9. The van der Waals surface area contributed by atoms with Gasteiger partial charge in [0, 0.05) is 6.20 Å². The van der Waals surface area contributed by atoms with Gasteiger partial charge in [0.1, 0.15) is 5.84 Å². The summed E-state index contributed by atoms with van der Waals surface area (Å²) in [7, 11) is 0. The molecule has 1 rings (SSSR count). The fourth-order valence-corrected chi connectivity index (χ4v) is 1.59. The van der Waals surface area contributed by atoms with Crippen LogP contribution in [0.3, 0.4) is 0 Å².